The lowest BCUT2D eigenvalue weighted by Crippen LogP contribution is -2.58. The summed E-state index contributed by atoms with van der Waals surface area (Å²) in [6.45, 7) is 7.94. The van der Waals surface area contributed by atoms with Gasteiger partial charge >= 0.3 is 0 Å². The van der Waals surface area contributed by atoms with Gasteiger partial charge in [0.25, 0.3) is 0 Å². The molecule has 248 valence electrons. The number of likely N-dealkylation sites (N-methyl/N-ethyl adjacent to an activating group) is 1. The number of halogens is 2. The van der Waals surface area contributed by atoms with E-state index >= 15 is 0 Å². The minimum Gasteiger partial charge on any atom is -0.496 e. The number of nitrogens with one attached hydrogen (secondary N) is 3. The number of carbonyl (C=O) groups excluding carboxylic acids is 3. The van der Waals surface area contributed by atoms with Crippen molar-refractivity contribution in [2.24, 2.45) is 5.41 Å². The van der Waals surface area contributed by atoms with Gasteiger partial charge < -0.3 is 35.1 Å². The fourth-order valence-corrected chi connectivity index (χ4v) is 5.82. The van der Waals surface area contributed by atoms with Crippen molar-refractivity contribution in [3.05, 3.63) is 41.2 Å². The van der Waals surface area contributed by atoms with Gasteiger partial charge in [0.1, 0.15) is 29.6 Å². The molecule has 0 radical (unpaired) electrons. The highest BCUT2D eigenvalue weighted by molar-refractivity contribution is 6.34. The molecule has 0 spiro atoms. The zero-order chi connectivity index (χ0) is 32.5. The van der Waals surface area contributed by atoms with Crippen LogP contribution in [0.3, 0.4) is 0 Å². The monoisotopic (exact) mass is 674 g/mol. The molecule has 5 rings (SSSR count). The van der Waals surface area contributed by atoms with E-state index in [4.69, 9.17) is 25.8 Å². The number of aromatic nitrogens is 2. The van der Waals surface area contributed by atoms with E-state index in [1.54, 1.807) is 37.1 Å². The quantitative estimate of drug-likeness (QED) is 0.283. The van der Waals surface area contributed by atoms with Crippen LogP contribution in [0, 0.1) is 5.41 Å². The highest BCUT2D eigenvalue weighted by Crippen LogP contribution is 2.45. The van der Waals surface area contributed by atoms with Gasteiger partial charge in [0, 0.05) is 30.0 Å². The maximum atomic E-state index is 13.9. The third kappa shape index (κ3) is 7.08. The van der Waals surface area contributed by atoms with Crippen molar-refractivity contribution in [3.63, 3.8) is 0 Å². The van der Waals surface area contributed by atoms with Crippen LogP contribution in [0.1, 0.15) is 46.1 Å². The van der Waals surface area contributed by atoms with Crippen molar-refractivity contribution in [2.45, 2.75) is 65.1 Å². The van der Waals surface area contributed by atoms with Crippen molar-refractivity contribution >= 4 is 64.0 Å². The third-order valence-corrected chi connectivity index (χ3v) is 8.58. The molecule has 1 aromatic heterocycles. The molecular formula is C32H40Cl2N6O6. The molecule has 3 heterocycles. The maximum Gasteiger partial charge on any atom is 0.246 e. The molecule has 1 saturated heterocycles. The molecule has 46 heavy (non-hydrogen) atoms. The Kier molecular flexibility index (Phi) is 10.9. The second-order valence-electron chi connectivity index (χ2n) is 12.3. The van der Waals surface area contributed by atoms with Crippen LogP contribution in [0.25, 0.3) is 10.9 Å². The first-order valence-electron chi connectivity index (χ1n) is 14.9. The molecule has 2 aromatic carbocycles. The zero-order valence-electron chi connectivity index (χ0n) is 26.7. The molecule has 3 atom stereocenters. The molecule has 0 unspecified atom stereocenters. The predicted octanol–water partition coefficient (Wildman–Crippen LogP) is 4.43. The topological polar surface area (TPSA) is 144 Å². The van der Waals surface area contributed by atoms with Crippen LogP contribution in [0.2, 0.25) is 5.02 Å². The Morgan fingerprint density at radius 2 is 1.93 bits per heavy atom. The van der Waals surface area contributed by atoms with Crippen molar-refractivity contribution in [3.8, 4) is 17.2 Å². The van der Waals surface area contributed by atoms with E-state index in [1.165, 1.54) is 13.4 Å². The van der Waals surface area contributed by atoms with E-state index in [0.717, 1.165) is 0 Å². The van der Waals surface area contributed by atoms with Crippen LogP contribution in [-0.4, -0.2) is 78.1 Å². The number of hydrogen-bond donors (Lipinski definition) is 3. The number of likely N-dealkylation sites (tertiary alicyclic amines) is 1. The Labute approximate surface area is 279 Å². The Morgan fingerprint density at radius 1 is 1.17 bits per heavy atom. The Hall–Kier alpha value is -3.87. The summed E-state index contributed by atoms with van der Waals surface area (Å²) in [5, 5.41) is 10.1. The molecule has 3 N–H and O–H groups in total. The van der Waals surface area contributed by atoms with Crippen LogP contribution < -0.4 is 30.2 Å². The van der Waals surface area contributed by atoms with Crippen LogP contribution in [0.5, 0.6) is 17.2 Å². The molecule has 0 bridgehead atoms. The number of hydrogen-bond acceptors (Lipinski definition) is 10. The van der Waals surface area contributed by atoms with E-state index < -0.39 is 23.5 Å². The van der Waals surface area contributed by atoms with E-state index in [2.05, 4.69) is 25.9 Å². The fourth-order valence-electron chi connectivity index (χ4n) is 5.62. The number of fused-ring (bicyclic) bond motifs is 2. The summed E-state index contributed by atoms with van der Waals surface area (Å²) < 4.78 is 16.8. The Bertz CT molecular complexity index is 1630. The molecule has 12 nitrogen and oxygen atoms in total. The van der Waals surface area contributed by atoms with Crippen LogP contribution >= 0.6 is 24.0 Å². The lowest BCUT2D eigenvalue weighted by atomic mass is 9.85. The smallest absolute Gasteiger partial charge is 0.246 e. The van der Waals surface area contributed by atoms with Gasteiger partial charge in [-0.25, -0.2) is 9.97 Å². The van der Waals surface area contributed by atoms with E-state index in [9.17, 15) is 14.4 Å². The van der Waals surface area contributed by atoms with Gasteiger partial charge in [0.05, 0.1) is 29.7 Å². The minimum atomic E-state index is -0.796. The number of amides is 2. The fraction of sp³-hybridized carbons (Fsp3) is 0.469. The summed E-state index contributed by atoms with van der Waals surface area (Å²) in [4.78, 5) is 51.0. The average Bonchev–Trinajstić information content (AvgIpc) is 3.70. The largest absolute Gasteiger partial charge is 0.496 e. The zero-order valence-corrected chi connectivity index (χ0v) is 28.3. The molecule has 2 amide bonds. The summed E-state index contributed by atoms with van der Waals surface area (Å²) in [7, 11) is 3.22. The highest BCUT2D eigenvalue weighted by Gasteiger charge is 2.42. The molecule has 0 aliphatic carbocycles. The van der Waals surface area contributed by atoms with Crippen molar-refractivity contribution < 1.29 is 28.6 Å². The first kappa shape index (κ1) is 35.0. The van der Waals surface area contributed by atoms with Crippen LogP contribution in [-0.2, 0) is 20.8 Å². The molecule has 1 fully saturated rings. The number of benzene rings is 2. The normalized spacial score (nSPS) is 16.8. The molecule has 3 aromatic rings. The number of Topliss-reactive ketones (excluding diaryl/α,β-unsaturated/α-hetero) is 1. The van der Waals surface area contributed by atoms with Gasteiger partial charge in [-0.1, -0.05) is 32.4 Å². The van der Waals surface area contributed by atoms with Gasteiger partial charge in [-0.2, -0.15) is 0 Å². The van der Waals surface area contributed by atoms with Gasteiger partial charge in [-0.15, -0.1) is 12.4 Å². The van der Waals surface area contributed by atoms with Crippen molar-refractivity contribution in [1.82, 2.24) is 25.5 Å². The van der Waals surface area contributed by atoms with Gasteiger partial charge in [-0.05, 0) is 50.4 Å². The standard InChI is InChI=1S/C32H39ClN6O6.ClH/c1-17(34-5)30(41)38-28(32(2,3)4)31(42)39-11-7-8-22(39)23(40)13-18-12-19-21(14-25(18)43-6)35-15-36-29(19)37-26-20(33)9-10-24-27(26)45-16-44-24;/h9-10,12,14-15,17,22,28,34H,7-8,11,13,16H2,1-6H3,(H,38,41)(H,35,36,37);1H/t17-,22-,28+;/m0./s1. The van der Waals surface area contributed by atoms with E-state index in [0.29, 0.717) is 69.6 Å². The van der Waals surface area contributed by atoms with E-state index in [-0.39, 0.29) is 43.2 Å². The van der Waals surface area contributed by atoms with E-state index in [1.807, 2.05) is 26.8 Å². The Balaban J connectivity index is 0.00000480. The lowest BCUT2D eigenvalue weighted by molar-refractivity contribution is -0.143. The molecule has 0 saturated carbocycles. The summed E-state index contributed by atoms with van der Waals surface area (Å²) in [6, 6.07) is 5.13. The van der Waals surface area contributed by atoms with Crippen LogP contribution in [0.4, 0.5) is 11.5 Å². The molecule has 14 heteroatoms. The first-order valence-corrected chi connectivity index (χ1v) is 15.3. The Morgan fingerprint density at radius 3 is 2.63 bits per heavy atom. The summed E-state index contributed by atoms with van der Waals surface area (Å²) in [5.74, 6) is 1.33. The average molecular weight is 676 g/mol. The third-order valence-electron chi connectivity index (χ3n) is 8.27. The van der Waals surface area contributed by atoms with Gasteiger partial charge in [0.2, 0.25) is 18.6 Å². The number of ether oxygens (including phenoxy) is 3. The summed E-state index contributed by atoms with van der Waals surface area (Å²) in [6.07, 6.45) is 2.66. The lowest BCUT2D eigenvalue weighted by Gasteiger charge is -2.36. The van der Waals surface area contributed by atoms with Gasteiger partial charge in [-0.3, -0.25) is 14.4 Å². The van der Waals surface area contributed by atoms with Crippen molar-refractivity contribution in [1.29, 1.82) is 0 Å². The van der Waals surface area contributed by atoms with Crippen molar-refractivity contribution in [2.75, 3.05) is 32.8 Å². The maximum absolute atomic E-state index is 13.9. The molecule has 2 aliphatic rings. The SMILES string of the molecule is CN[C@@H](C)C(=O)N[C@H](C(=O)N1CCC[C@H]1C(=O)Cc1cc2c(Nc3c(Cl)ccc4c3OCO4)ncnc2cc1OC)C(C)(C)C.Cl. The van der Waals surface area contributed by atoms with Gasteiger partial charge in [0.15, 0.2) is 17.3 Å². The van der Waals surface area contributed by atoms with Crippen LogP contribution in [0.15, 0.2) is 30.6 Å². The summed E-state index contributed by atoms with van der Waals surface area (Å²) in [5.41, 5.74) is 1.16. The predicted molar refractivity (Wildman–Crippen MR) is 178 cm³/mol. The number of rotatable bonds is 10. The highest BCUT2D eigenvalue weighted by atomic mass is 35.5. The molecular weight excluding hydrogens is 635 g/mol. The second kappa shape index (κ2) is 14.3. The summed E-state index contributed by atoms with van der Waals surface area (Å²) >= 11 is 6.50. The number of methoxy groups -OCH3 is 1. The minimum absolute atomic E-state index is 0. The number of carbonyl (C=O) groups is 3. The number of anilines is 2. The number of nitrogens with zero attached hydrogens (tertiary/aromatic N) is 3. The number of ketones is 1. The molecule has 2 aliphatic heterocycles. The second-order valence-corrected chi connectivity index (χ2v) is 12.7. The first-order chi connectivity index (χ1) is 21.4.